The number of phenolic OH excluding ortho intramolecular Hbond substituents is 1. The first-order valence-corrected chi connectivity index (χ1v) is 19.7. The van der Waals surface area contributed by atoms with Gasteiger partial charge in [0.15, 0.2) is 5.75 Å². The molecule has 11 heteroatoms. The number of aromatic hydroxyl groups is 1. The number of benzene rings is 4. The number of phenols is 1. The molecule has 3 aliphatic heterocycles. The van der Waals surface area contributed by atoms with Gasteiger partial charge in [-0.05, 0) is 135 Å². The smallest absolute Gasteiger partial charge is 0.262 e. The summed E-state index contributed by atoms with van der Waals surface area (Å²) in [7, 11) is 0. The predicted octanol–water partition coefficient (Wildman–Crippen LogP) is 8.43. The summed E-state index contributed by atoms with van der Waals surface area (Å²) in [5.74, 6) is 0.393. The Bertz CT molecular complexity index is 2230. The fourth-order valence-corrected chi connectivity index (χ4v) is 9.14. The Hall–Kier alpha value is -4.84. The molecule has 5 aromatic rings. The van der Waals surface area contributed by atoms with Crippen LogP contribution in [-0.2, 0) is 16.0 Å². The number of rotatable bonds is 10. The summed E-state index contributed by atoms with van der Waals surface area (Å²) in [5, 5.41) is 13.3. The summed E-state index contributed by atoms with van der Waals surface area (Å²) >= 11 is 5.13. The number of likely N-dealkylation sites (tertiary alicyclic amines) is 1. The van der Waals surface area contributed by atoms with Gasteiger partial charge in [-0.15, -0.1) is 11.3 Å². The summed E-state index contributed by atoms with van der Waals surface area (Å²) < 4.78 is 8.54. The van der Waals surface area contributed by atoms with Gasteiger partial charge in [-0.25, -0.2) is 0 Å². The van der Waals surface area contributed by atoms with E-state index in [-0.39, 0.29) is 24.5 Å². The van der Waals surface area contributed by atoms with E-state index in [9.17, 15) is 24.3 Å². The Balaban J connectivity index is 0.825. The summed E-state index contributed by atoms with van der Waals surface area (Å²) in [5.41, 5.74) is 4.04. The molecule has 2 N–H and O–H groups in total. The van der Waals surface area contributed by atoms with Crippen molar-refractivity contribution in [1.82, 2.24) is 15.1 Å². The van der Waals surface area contributed by atoms with E-state index >= 15 is 0 Å². The van der Waals surface area contributed by atoms with E-state index in [4.69, 9.17) is 4.74 Å². The number of unbranched alkanes of at least 4 members (excludes halogenated alkanes) is 1. The van der Waals surface area contributed by atoms with Crippen LogP contribution in [0, 0.1) is 0 Å². The highest BCUT2D eigenvalue weighted by Crippen LogP contribution is 2.47. The van der Waals surface area contributed by atoms with E-state index in [1.165, 1.54) is 5.56 Å². The summed E-state index contributed by atoms with van der Waals surface area (Å²) in [6, 6.07) is 26.5. The number of nitrogens with zero attached hydrogens (tertiary/aromatic N) is 2. The molecule has 2 fully saturated rings. The second-order valence-corrected chi connectivity index (χ2v) is 16.0. The molecule has 0 saturated carbocycles. The molecule has 1 aromatic heterocycles. The van der Waals surface area contributed by atoms with Gasteiger partial charge in [0.1, 0.15) is 17.5 Å². The van der Waals surface area contributed by atoms with Crippen LogP contribution in [0.4, 0.5) is 0 Å². The van der Waals surface area contributed by atoms with E-state index < -0.39 is 23.8 Å². The molecule has 4 aromatic carbocycles. The van der Waals surface area contributed by atoms with E-state index in [2.05, 4.69) is 62.5 Å². The van der Waals surface area contributed by atoms with E-state index in [0.29, 0.717) is 17.0 Å². The third kappa shape index (κ3) is 7.25. The number of aryl methyl sites for hydroxylation is 1. The number of piperidine rings is 2. The first-order valence-electron chi connectivity index (χ1n) is 18.1. The van der Waals surface area contributed by atoms with Crippen LogP contribution < -0.4 is 10.1 Å². The monoisotopic (exact) mass is 791 g/mol. The van der Waals surface area contributed by atoms with Gasteiger partial charge < -0.3 is 14.7 Å². The van der Waals surface area contributed by atoms with Crippen LogP contribution in [0.15, 0.2) is 89.4 Å². The molecule has 3 aliphatic rings. The number of carbonyl (C=O) groups excluding carboxylic acids is 4. The minimum atomic E-state index is -0.951. The predicted molar refractivity (Wildman–Crippen MR) is 208 cm³/mol. The quantitative estimate of drug-likeness (QED) is 0.108. The van der Waals surface area contributed by atoms with Crippen molar-refractivity contribution < 1.29 is 29.0 Å². The Morgan fingerprint density at radius 2 is 1.58 bits per heavy atom. The molecular weight excluding hydrogens is 754 g/mol. The normalized spacial score (nSPS) is 18.1. The molecule has 1 unspecified atom stereocenters. The highest BCUT2D eigenvalue weighted by Gasteiger charge is 2.44. The Kier molecular flexibility index (Phi) is 9.89. The van der Waals surface area contributed by atoms with Crippen molar-refractivity contribution in [3.05, 3.63) is 112 Å². The molecule has 0 spiro atoms. The largest absolute Gasteiger partial charge is 0.508 e. The molecule has 2 saturated heterocycles. The fourth-order valence-electron chi connectivity index (χ4n) is 7.71. The number of fused-ring (bicyclic) bond motifs is 2. The summed E-state index contributed by atoms with van der Waals surface area (Å²) in [4.78, 5) is 54.7. The fraction of sp³-hybridized carbons (Fsp3) is 0.286. The van der Waals surface area contributed by atoms with E-state index in [1.807, 2.05) is 24.3 Å². The molecule has 0 radical (unpaired) electrons. The van der Waals surface area contributed by atoms with Crippen molar-refractivity contribution in [2.24, 2.45) is 0 Å². The Labute approximate surface area is 319 Å². The van der Waals surface area contributed by atoms with Crippen LogP contribution >= 0.6 is 27.3 Å². The lowest BCUT2D eigenvalue weighted by Crippen LogP contribution is -2.54. The molecule has 0 aliphatic carbocycles. The number of hydrogen-bond donors (Lipinski definition) is 2. The molecule has 53 heavy (non-hydrogen) atoms. The number of imide groups is 2. The van der Waals surface area contributed by atoms with Crippen LogP contribution in [-0.4, -0.2) is 64.2 Å². The maximum Gasteiger partial charge on any atom is 0.262 e. The number of ether oxygens (including phenoxy) is 1. The average molecular weight is 793 g/mol. The second kappa shape index (κ2) is 14.9. The Morgan fingerprint density at radius 3 is 2.34 bits per heavy atom. The number of nitrogens with one attached hydrogen (secondary N) is 1. The van der Waals surface area contributed by atoms with Crippen LogP contribution in [0.3, 0.4) is 0 Å². The van der Waals surface area contributed by atoms with Gasteiger partial charge in [0, 0.05) is 21.0 Å². The zero-order chi connectivity index (χ0) is 36.6. The third-order valence-electron chi connectivity index (χ3n) is 10.6. The number of carbonyl (C=O) groups is 4. The third-order valence-corrected chi connectivity index (χ3v) is 12.3. The summed E-state index contributed by atoms with van der Waals surface area (Å²) in [6.45, 7) is 3.09. The van der Waals surface area contributed by atoms with Gasteiger partial charge in [-0.2, -0.15) is 0 Å². The zero-order valence-corrected chi connectivity index (χ0v) is 31.4. The van der Waals surface area contributed by atoms with Crippen molar-refractivity contribution >= 4 is 61.0 Å². The van der Waals surface area contributed by atoms with Gasteiger partial charge in [0.25, 0.3) is 11.8 Å². The lowest BCUT2D eigenvalue weighted by molar-refractivity contribution is -0.136. The number of hydrogen-bond acceptors (Lipinski definition) is 8. The lowest BCUT2D eigenvalue weighted by atomic mass is 9.89. The SMILES string of the molecule is O=C1CCC(N2C(=O)c3ccc(CCCCN4CCC(c5ccc(Oc6c(-c7ccc(Br)cc7)sc7cc(O)ccc67)cc5)CC4)cc3C2=O)C(=O)N1. The van der Waals surface area contributed by atoms with Gasteiger partial charge in [0.05, 0.1) is 16.0 Å². The molecule has 8 rings (SSSR count). The first kappa shape index (κ1) is 35.2. The number of amides is 4. The van der Waals surface area contributed by atoms with Crippen LogP contribution in [0.25, 0.3) is 20.5 Å². The van der Waals surface area contributed by atoms with Gasteiger partial charge in [-0.3, -0.25) is 29.4 Å². The molecule has 9 nitrogen and oxygen atoms in total. The van der Waals surface area contributed by atoms with Gasteiger partial charge in [0.2, 0.25) is 11.8 Å². The molecule has 4 amide bonds. The standard InChI is InChI=1S/C42H38BrN3O6S/c43-29-9-5-28(6-10-29)39-38(33-15-11-30(47)24-36(33)53-39)52-31-12-7-26(8-13-31)27-18-21-45(22-19-27)20-2-1-3-25-4-14-32-34(23-25)42(51)46(41(32)50)35-16-17-37(48)44-40(35)49/h4-15,23-24,27,35,47H,1-3,16-22H2,(H,44,48,49). The van der Waals surface area contributed by atoms with Crippen molar-refractivity contribution in [3.8, 4) is 27.7 Å². The topological polar surface area (TPSA) is 116 Å². The van der Waals surface area contributed by atoms with E-state index in [1.54, 1.807) is 35.6 Å². The van der Waals surface area contributed by atoms with Crippen molar-refractivity contribution in [2.45, 2.75) is 56.9 Å². The zero-order valence-electron chi connectivity index (χ0n) is 29.0. The van der Waals surface area contributed by atoms with Gasteiger partial charge >= 0.3 is 0 Å². The average Bonchev–Trinajstić information content (AvgIpc) is 3.63. The maximum absolute atomic E-state index is 13.2. The van der Waals surface area contributed by atoms with Crippen molar-refractivity contribution in [1.29, 1.82) is 0 Å². The molecule has 4 heterocycles. The van der Waals surface area contributed by atoms with Crippen molar-refractivity contribution in [2.75, 3.05) is 19.6 Å². The lowest BCUT2D eigenvalue weighted by Gasteiger charge is -2.32. The molecule has 1 atom stereocenters. The molecule has 270 valence electrons. The van der Waals surface area contributed by atoms with Crippen LogP contribution in [0.2, 0.25) is 0 Å². The highest BCUT2D eigenvalue weighted by molar-refractivity contribution is 9.10. The molecular formula is C42H38BrN3O6S. The number of thiophene rings is 1. The van der Waals surface area contributed by atoms with Gasteiger partial charge in [-0.1, -0.05) is 46.3 Å². The molecule has 0 bridgehead atoms. The maximum atomic E-state index is 13.2. The first-order chi connectivity index (χ1) is 25.7. The minimum Gasteiger partial charge on any atom is -0.508 e. The van der Waals surface area contributed by atoms with Crippen LogP contribution in [0.5, 0.6) is 17.2 Å². The Morgan fingerprint density at radius 1 is 0.830 bits per heavy atom. The van der Waals surface area contributed by atoms with Crippen molar-refractivity contribution in [3.63, 3.8) is 0 Å². The summed E-state index contributed by atoms with van der Waals surface area (Å²) in [6.07, 6.45) is 5.23. The highest BCUT2D eigenvalue weighted by atomic mass is 79.9. The van der Waals surface area contributed by atoms with Crippen LogP contribution in [0.1, 0.15) is 76.3 Å². The minimum absolute atomic E-state index is 0.104. The second-order valence-electron chi connectivity index (χ2n) is 14.0. The van der Waals surface area contributed by atoms with E-state index in [0.717, 1.165) is 98.7 Å². The number of halogens is 1.